The van der Waals surface area contributed by atoms with Crippen molar-refractivity contribution in [2.45, 2.75) is 138 Å². The van der Waals surface area contributed by atoms with Crippen LogP contribution in [0.2, 0.25) is 0 Å². The molecule has 1 saturated heterocycles. The van der Waals surface area contributed by atoms with E-state index in [1.54, 1.807) is 13.8 Å². The van der Waals surface area contributed by atoms with Crippen LogP contribution in [0.4, 0.5) is 0 Å². The molecule has 0 aromatic heterocycles. The fourth-order valence-electron chi connectivity index (χ4n) is 14.8. The van der Waals surface area contributed by atoms with Crippen molar-refractivity contribution < 1.29 is 19.1 Å². The Kier molecular flexibility index (Phi) is 9.93. The molecule has 0 spiro atoms. The lowest BCUT2D eigenvalue weighted by Crippen LogP contribution is -2.67. The fraction of sp³-hybridized carbons (Fsp3) is 0.783. The third-order valence-corrected chi connectivity index (χ3v) is 17.4. The number of nitrogens with zero attached hydrogens (tertiary/aromatic N) is 1. The average molecular weight is 700 g/mol. The molecule has 1 aromatic carbocycles. The van der Waals surface area contributed by atoms with Crippen LogP contribution in [0, 0.1) is 62.6 Å². The van der Waals surface area contributed by atoms with Gasteiger partial charge in [0.15, 0.2) is 0 Å². The lowest BCUT2D eigenvalue weighted by atomic mass is 9.32. The molecule has 7 rings (SSSR count). The number of hydrogen-bond donors (Lipinski definition) is 0. The van der Waals surface area contributed by atoms with Crippen molar-refractivity contribution in [3.8, 4) is 0 Å². The Morgan fingerprint density at radius 3 is 2.20 bits per heavy atom. The molecule has 51 heavy (non-hydrogen) atoms. The number of rotatable bonds is 8. The number of carbonyl (C=O) groups excluding carboxylic acids is 2. The summed E-state index contributed by atoms with van der Waals surface area (Å²) in [5.74, 6) is 3.38. The molecular weight excluding hydrogens is 631 g/mol. The van der Waals surface area contributed by atoms with E-state index in [9.17, 15) is 9.59 Å². The molecule has 0 amide bonds. The van der Waals surface area contributed by atoms with Gasteiger partial charge in [-0.1, -0.05) is 77.1 Å². The maximum atomic E-state index is 12.3. The molecule has 5 saturated carbocycles. The SMILES string of the molecule is C=C(CN1CCC(Cc2ccccc2)CC1)[C@@H]1CC[C@]2(COC(C)=O)CC[C@]3(C)[C@H](CC[C@@H]4[C@@]5(C)CC[C@H](OC(C)=O)C(C)(C)[C@@H]5CC[C@]43C)[C@@H]12. The summed E-state index contributed by atoms with van der Waals surface area (Å²) in [5.41, 5.74) is 3.72. The topological polar surface area (TPSA) is 55.8 Å². The number of carbonyl (C=O) groups is 2. The minimum absolute atomic E-state index is 0.0147. The third kappa shape index (κ3) is 6.25. The second-order valence-corrected chi connectivity index (χ2v) is 20.0. The lowest BCUT2D eigenvalue weighted by molar-refractivity contribution is -0.252. The molecule has 1 aliphatic heterocycles. The average Bonchev–Trinajstić information content (AvgIpc) is 3.47. The van der Waals surface area contributed by atoms with Gasteiger partial charge in [0.25, 0.3) is 0 Å². The fourth-order valence-corrected chi connectivity index (χ4v) is 14.8. The van der Waals surface area contributed by atoms with Crippen LogP contribution >= 0.6 is 0 Å². The summed E-state index contributed by atoms with van der Waals surface area (Å²) in [7, 11) is 0. The first kappa shape index (κ1) is 37.2. The second-order valence-electron chi connectivity index (χ2n) is 20.0. The molecule has 10 atom stereocenters. The van der Waals surface area contributed by atoms with Crippen molar-refractivity contribution in [2.24, 2.45) is 62.6 Å². The van der Waals surface area contributed by atoms with E-state index in [4.69, 9.17) is 16.1 Å². The van der Waals surface area contributed by atoms with Gasteiger partial charge in [0, 0.05) is 31.2 Å². The van der Waals surface area contributed by atoms with Gasteiger partial charge in [-0.3, -0.25) is 14.5 Å². The van der Waals surface area contributed by atoms with Crippen LogP contribution in [0.3, 0.4) is 0 Å². The number of piperidine rings is 1. The van der Waals surface area contributed by atoms with Gasteiger partial charge in [0.2, 0.25) is 0 Å². The lowest BCUT2D eigenvalue weighted by Gasteiger charge is -2.73. The molecule has 6 fully saturated rings. The highest BCUT2D eigenvalue weighted by molar-refractivity contribution is 5.66. The van der Waals surface area contributed by atoms with Crippen molar-refractivity contribution in [3.05, 3.63) is 48.0 Å². The van der Waals surface area contributed by atoms with E-state index in [1.807, 2.05) is 0 Å². The van der Waals surface area contributed by atoms with E-state index in [1.165, 1.54) is 82.0 Å². The summed E-state index contributed by atoms with van der Waals surface area (Å²) in [6.45, 7) is 24.8. The molecule has 5 nitrogen and oxygen atoms in total. The zero-order valence-corrected chi connectivity index (χ0v) is 33.2. The van der Waals surface area contributed by atoms with Crippen LogP contribution in [0.25, 0.3) is 0 Å². The molecule has 5 heteroatoms. The number of hydrogen-bond acceptors (Lipinski definition) is 5. The Labute approximate surface area is 310 Å². The number of benzene rings is 1. The van der Waals surface area contributed by atoms with Gasteiger partial charge in [-0.25, -0.2) is 0 Å². The maximum Gasteiger partial charge on any atom is 0.302 e. The number of likely N-dealkylation sites (tertiary alicyclic amines) is 1. The van der Waals surface area contributed by atoms with E-state index in [0.717, 1.165) is 38.1 Å². The number of esters is 2. The monoisotopic (exact) mass is 700 g/mol. The van der Waals surface area contributed by atoms with E-state index in [2.05, 4.69) is 69.9 Å². The highest BCUT2D eigenvalue weighted by Gasteiger charge is 2.71. The van der Waals surface area contributed by atoms with Crippen molar-refractivity contribution in [2.75, 3.05) is 26.2 Å². The molecular formula is C46H69NO4. The van der Waals surface area contributed by atoms with E-state index < -0.39 is 0 Å². The Morgan fingerprint density at radius 2 is 1.51 bits per heavy atom. The minimum Gasteiger partial charge on any atom is -0.465 e. The molecule has 282 valence electrons. The number of fused-ring (bicyclic) bond motifs is 7. The zero-order valence-electron chi connectivity index (χ0n) is 33.2. The summed E-state index contributed by atoms with van der Waals surface area (Å²) in [6, 6.07) is 11.0. The smallest absolute Gasteiger partial charge is 0.302 e. The second kappa shape index (κ2) is 13.6. The van der Waals surface area contributed by atoms with E-state index >= 15 is 0 Å². The molecule has 1 heterocycles. The van der Waals surface area contributed by atoms with Gasteiger partial charge >= 0.3 is 11.9 Å². The summed E-state index contributed by atoms with van der Waals surface area (Å²) >= 11 is 0. The summed E-state index contributed by atoms with van der Waals surface area (Å²) in [6.07, 6.45) is 15.7. The van der Waals surface area contributed by atoms with Crippen LogP contribution in [-0.2, 0) is 25.5 Å². The van der Waals surface area contributed by atoms with Gasteiger partial charge in [-0.15, -0.1) is 0 Å². The molecule has 0 unspecified atom stereocenters. The molecule has 1 aromatic rings. The first-order valence-corrected chi connectivity index (χ1v) is 20.9. The van der Waals surface area contributed by atoms with E-state index in [-0.39, 0.29) is 45.1 Å². The molecule has 5 aliphatic carbocycles. The van der Waals surface area contributed by atoms with Crippen molar-refractivity contribution in [1.29, 1.82) is 0 Å². The third-order valence-electron chi connectivity index (χ3n) is 17.4. The van der Waals surface area contributed by atoms with Gasteiger partial charge in [0.1, 0.15) is 6.10 Å². The van der Waals surface area contributed by atoms with Crippen molar-refractivity contribution >= 4 is 11.9 Å². The molecule has 6 aliphatic rings. The van der Waals surface area contributed by atoms with Gasteiger partial charge in [-0.2, -0.15) is 0 Å². The standard InChI is InChI=1S/C46H69NO4/c1-31(29-47-26-19-35(20-27-47)28-34-12-10-9-11-13-34)36-16-23-46(30-50-32(2)48)25-24-44(7)37(41(36)46)14-15-39-43(6)21-18-40(51-33(3)49)42(4,5)38(43)17-22-45(39,44)8/h9-13,35-41H,1,14-30H2,2-8H3/t36-,37+,38-,39+,40-,41+,43-,44+,45+,46+/m0/s1. The Hall–Kier alpha value is -2.14. The molecule has 0 N–H and O–H groups in total. The first-order valence-electron chi connectivity index (χ1n) is 20.9. The highest BCUT2D eigenvalue weighted by Crippen LogP contribution is 2.77. The predicted molar refractivity (Wildman–Crippen MR) is 205 cm³/mol. The van der Waals surface area contributed by atoms with Gasteiger partial charge < -0.3 is 9.47 Å². The summed E-state index contributed by atoms with van der Waals surface area (Å²) < 4.78 is 12.0. The highest BCUT2D eigenvalue weighted by atomic mass is 16.5. The maximum absolute atomic E-state index is 12.3. The predicted octanol–water partition coefficient (Wildman–Crippen LogP) is 10.1. The van der Waals surface area contributed by atoms with Crippen molar-refractivity contribution in [1.82, 2.24) is 4.90 Å². The largest absolute Gasteiger partial charge is 0.465 e. The first-order chi connectivity index (χ1) is 24.1. The van der Waals surface area contributed by atoms with Crippen LogP contribution in [0.15, 0.2) is 42.5 Å². The molecule has 0 radical (unpaired) electrons. The van der Waals surface area contributed by atoms with Crippen LogP contribution < -0.4 is 0 Å². The Morgan fingerprint density at radius 1 is 0.784 bits per heavy atom. The van der Waals surface area contributed by atoms with Crippen molar-refractivity contribution in [3.63, 3.8) is 0 Å². The summed E-state index contributed by atoms with van der Waals surface area (Å²) in [4.78, 5) is 27.1. The van der Waals surface area contributed by atoms with Crippen LogP contribution in [0.1, 0.15) is 131 Å². The minimum atomic E-state index is -0.134. The van der Waals surface area contributed by atoms with Crippen LogP contribution in [0.5, 0.6) is 0 Å². The molecule has 0 bridgehead atoms. The normalized spacial score (nSPS) is 42.1. The van der Waals surface area contributed by atoms with Gasteiger partial charge in [-0.05, 0) is 154 Å². The quantitative estimate of drug-likeness (QED) is 0.200. The van der Waals surface area contributed by atoms with E-state index in [0.29, 0.717) is 36.2 Å². The Balaban J connectivity index is 1.11. The number of ether oxygens (including phenoxy) is 2. The van der Waals surface area contributed by atoms with Crippen LogP contribution in [-0.4, -0.2) is 49.2 Å². The van der Waals surface area contributed by atoms with Gasteiger partial charge in [0.05, 0.1) is 6.61 Å². The summed E-state index contributed by atoms with van der Waals surface area (Å²) in [5, 5.41) is 0. The Bertz CT molecular complexity index is 1460. The zero-order chi connectivity index (χ0) is 36.4.